The van der Waals surface area contributed by atoms with E-state index < -0.39 is 53.5 Å². The maximum Gasteiger partial charge on any atom is 0.264 e. The molecule has 1 fully saturated rings. The topological polar surface area (TPSA) is 152 Å². The van der Waals surface area contributed by atoms with E-state index in [0.717, 1.165) is 10.8 Å². The van der Waals surface area contributed by atoms with Gasteiger partial charge in [-0.3, -0.25) is 14.3 Å². The second-order valence-electron chi connectivity index (χ2n) is 6.04. The minimum Gasteiger partial charge on any atom is -0.391 e. The van der Waals surface area contributed by atoms with Crippen LogP contribution >= 0.6 is 0 Å². The average molecular weight is 369 g/mol. The van der Waals surface area contributed by atoms with Gasteiger partial charge >= 0.3 is 0 Å². The van der Waals surface area contributed by atoms with Gasteiger partial charge in [0, 0.05) is 6.20 Å². The van der Waals surface area contributed by atoms with Crippen LogP contribution < -0.4 is 17.0 Å². The molecule has 11 heteroatoms. The van der Waals surface area contributed by atoms with Crippen LogP contribution in [0.25, 0.3) is 11.0 Å². The minimum absolute atomic E-state index is 0.191. The van der Waals surface area contributed by atoms with E-state index in [1.807, 2.05) is 0 Å². The predicted octanol–water partition coefficient (Wildman–Crippen LogP) is -1.24. The number of alkyl halides is 1. The molecule has 26 heavy (non-hydrogen) atoms. The van der Waals surface area contributed by atoms with E-state index in [9.17, 15) is 23.8 Å². The molecule has 1 aliphatic heterocycles. The molecule has 3 rings (SSSR count). The third-order valence-electron chi connectivity index (χ3n) is 4.25. The van der Waals surface area contributed by atoms with Gasteiger partial charge in [-0.25, -0.2) is 8.78 Å². The fourth-order valence-electron chi connectivity index (χ4n) is 3.06. The fraction of sp³-hybridized carbons (Fsp3) is 0.467. The number of nitrogens with one attached hydrogen (secondary N) is 1. The third-order valence-corrected chi connectivity index (χ3v) is 4.25. The Morgan fingerprint density at radius 2 is 2.31 bits per heavy atom. The third kappa shape index (κ3) is 2.63. The Bertz CT molecular complexity index is 963. The number of nitrogen functional groups attached to an aromatic ring is 1. The Morgan fingerprint density at radius 1 is 1.62 bits per heavy atom. The molecule has 7 N–H and O–H groups in total. The highest BCUT2D eigenvalue weighted by molar-refractivity contribution is 5.77. The van der Waals surface area contributed by atoms with Gasteiger partial charge in [0.15, 0.2) is 23.2 Å². The van der Waals surface area contributed by atoms with Gasteiger partial charge in [0.2, 0.25) is 5.95 Å². The highest BCUT2D eigenvalue weighted by Crippen LogP contribution is 2.39. The fourth-order valence-corrected chi connectivity index (χ4v) is 3.06. The molecular weight excluding hydrogens is 352 g/mol. The van der Waals surface area contributed by atoms with Crippen LogP contribution in [-0.2, 0) is 4.74 Å². The molecule has 2 aromatic heterocycles. The number of nitrogens with two attached hydrogens (primary N) is 2. The van der Waals surface area contributed by atoms with Crippen molar-refractivity contribution < 1.29 is 23.7 Å². The summed E-state index contributed by atoms with van der Waals surface area (Å²) in [5.74, 6) is 3.29. The first-order valence-electron chi connectivity index (χ1n) is 7.63. The van der Waals surface area contributed by atoms with Crippen LogP contribution in [0.3, 0.4) is 0 Å². The lowest BCUT2D eigenvalue weighted by Crippen LogP contribution is -2.54. The van der Waals surface area contributed by atoms with Crippen LogP contribution in [0.1, 0.15) is 13.2 Å². The number of aliphatic hydroxyl groups is 2. The van der Waals surface area contributed by atoms with E-state index in [-0.39, 0.29) is 11.6 Å². The van der Waals surface area contributed by atoms with Crippen molar-refractivity contribution in [2.75, 3.05) is 12.4 Å². The highest BCUT2D eigenvalue weighted by atomic mass is 19.1. The Balaban J connectivity index is 2.24. The molecule has 5 atom stereocenters. The number of H-pyrrole nitrogens is 1. The maximum atomic E-state index is 14.3. The van der Waals surface area contributed by atoms with Crippen LogP contribution in [0.4, 0.5) is 14.7 Å². The summed E-state index contributed by atoms with van der Waals surface area (Å²) in [6, 6.07) is 0. The van der Waals surface area contributed by atoms with Crippen molar-refractivity contribution in [3.05, 3.63) is 22.4 Å². The van der Waals surface area contributed by atoms with Gasteiger partial charge in [0.25, 0.3) is 5.56 Å². The second-order valence-corrected chi connectivity index (χ2v) is 6.04. The Kier molecular flexibility index (Phi) is 4.45. The predicted molar refractivity (Wildman–Crippen MR) is 87.0 cm³/mol. The SMILES string of the molecule is C[C@H](O)[C@H]1O[C@@H](n2cc(F)c3c(=O)[nH]c(N)nc32)[C@@](N)(C#CCF)C1O. The molecule has 0 aromatic carbocycles. The number of hydrogen-bond acceptors (Lipinski definition) is 7. The van der Waals surface area contributed by atoms with Gasteiger partial charge in [-0.15, -0.1) is 0 Å². The molecule has 0 bridgehead atoms. The first-order chi connectivity index (χ1) is 12.2. The standard InChI is InChI=1S/C15H17F2N5O4/c1-6(23)9-10(24)15(19,3-2-4-16)13(26-9)22-5-7(17)8-11(22)20-14(18)21-12(8)25/h5-6,9-10,13,23-24H,4,19H2,1H3,(H3,18,20,21,25)/t6-,9+,10?,13+,15+/m0/s1. The van der Waals surface area contributed by atoms with Crippen molar-refractivity contribution >= 4 is 17.0 Å². The number of aliphatic hydroxyl groups excluding tert-OH is 2. The highest BCUT2D eigenvalue weighted by Gasteiger charge is 2.56. The number of aromatic nitrogens is 3. The maximum absolute atomic E-state index is 14.3. The summed E-state index contributed by atoms with van der Waals surface area (Å²) >= 11 is 0. The van der Waals surface area contributed by atoms with Crippen molar-refractivity contribution in [3.8, 4) is 11.8 Å². The first-order valence-corrected chi connectivity index (χ1v) is 7.63. The largest absolute Gasteiger partial charge is 0.391 e. The summed E-state index contributed by atoms with van der Waals surface area (Å²) in [7, 11) is 0. The molecule has 3 heterocycles. The normalized spacial score (nSPS) is 29.5. The van der Waals surface area contributed by atoms with Crippen LogP contribution in [0.15, 0.2) is 11.0 Å². The van der Waals surface area contributed by atoms with Crippen LogP contribution in [0, 0.1) is 17.7 Å². The monoisotopic (exact) mass is 369 g/mol. The number of aromatic amines is 1. The average Bonchev–Trinajstić information content (AvgIpc) is 3.01. The number of rotatable bonds is 2. The summed E-state index contributed by atoms with van der Waals surface area (Å²) in [4.78, 5) is 18.0. The van der Waals surface area contributed by atoms with E-state index in [2.05, 4.69) is 21.8 Å². The minimum atomic E-state index is -1.90. The van der Waals surface area contributed by atoms with Gasteiger partial charge in [-0.2, -0.15) is 4.98 Å². The Labute approximate surface area is 145 Å². The van der Waals surface area contributed by atoms with Crippen molar-refractivity contribution in [2.45, 2.75) is 37.0 Å². The van der Waals surface area contributed by atoms with Crippen molar-refractivity contribution in [2.24, 2.45) is 5.73 Å². The van der Waals surface area contributed by atoms with Gasteiger partial charge in [0.1, 0.15) is 24.3 Å². The van der Waals surface area contributed by atoms with Crippen LogP contribution in [0.2, 0.25) is 0 Å². The Morgan fingerprint density at radius 3 is 2.92 bits per heavy atom. The smallest absolute Gasteiger partial charge is 0.264 e. The van der Waals surface area contributed by atoms with Crippen LogP contribution in [-0.4, -0.2) is 55.3 Å². The number of fused-ring (bicyclic) bond motifs is 1. The van der Waals surface area contributed by atoms with Gasteiger partial charge in [-0.1, -0.05) is 11.8 Å². The zero-order chi connectivity index (χ0) is 19.2. The van der Waals surface area contributed by atoms with Gasteiger partial charge in [0.05, 0.1) is 6.10 Å². The molecule has 1 aliphatic rings. The molecule has 2 aromatic rings. The van der Waals surface area contributed by atoms with E-state index in [1.54, 1.807) is 0 Å². The molecular formula is C15H17F2N5O4. The quantitative estimate of drug-likeness (QED) is 0.415. The molecule has 0 aliphatic carbocycles. The summed E-state index contributed by atoms with van der Waals surface area (Å²) in [6.07, 6.45) is -4.33. The lowest BCUT2D eigenvalue weighted by molar-refractivity contribution is -0.0756. The van der Waals surface area contributed by atoms with Crippen LogP contribution in [0.5, 0.6) is 0 Å². The molecule has 0 radical (unpaired) electrons. The molecule has 0 spiro atoms. The van der Waals surface area contributed by atoms with Crippen molar-refractivity contribution in [3.63, 3.8) is 0 Å². The van der Waals surface area contributed by atoms with Gasteiger partial charge in [-0.05, 0) is 6.92 Å². The molecule has 9 nitrogen and oxygen atoms in total. The number of halogens is 2. The summed E-state index contributed by atoms with van der Waals surface area (Å²) in [5, 5.41) is 19.9. The van der Waals surface area contributed by atoms with E-state index in [1.165, 1.54) is 6.92 Å². The molecule has 1 unspecified atom stereocenters. The second kappa shape index (κ2) is 6.33. The first kappa shape index (κ1) is 18.3. The van der Waals surface area contributed by atoms with E-state index in [0.29, 0.717) is 0 Å². The summed E-state index contributed by atoms with van der Waals surface area (Å²) < 4.78 is 33.5. The lowest BCUT2D eigenvalue weighted by Gasteiger charge is -2.28. The van der Waals surface area contributed by atoms with E-state index >= 15 is 0 Å². The Hall–Kier alpha value is -2.52. The van der Waals surface area contributed by atoms with Crippen molar-refractivity contribution in [1.82, 2.24) is 14.5 Å². The molecule has 1 saturated heterocycles. The van der Waals surface area contributed by atoms with E-state index in [4.69, 9.17) is 16.2 Å². The number of anilines is 1. The molecule has 140 valence electrons. The zero-order valence-corrected chi connectivity index (χ0v) is 13.6. The molecule has 0 saturated carbocycles. The van der Waals surface area contributed by atoms with Gasteiger partial charge < -0.3 is 26.4 Å². The van der Waals surface area contributed by atoms with Crippen molar-refractivity contribution in [1.29, 1.82) is 0 Å². The summed E-state index contributed by atoms with van der Waals surface area (Å²) in [6.45, 7) is 0.317. The lowest BCUT2D eigenvalue weighted by atomic mass is 9.90. The summed E-state index contributed by atoms with van der Waals surface area (Å²) in [5.41, 5.74) is 8.76. The number of nitrogens with zero attached hydrogens (tertiary/aromatic N) is 2. The number of hydrogen-bond donors (Lipinski definition) is 5. The number of ether oxygens (including phenoxy) is 1. The molecule has 0 amide bonds. The zero-order valence-electron chi connectivity index (χ0n) is 13.6.